The minimum Gasteiger partial charge on any atom is -0.477 e. The quantitative estimate of drug-likeness (QED) is 0.419. The molecule has 0 heterocycles. The molecule has 0 unspecified atom stereocenters. The van der Waals surface area contributed by atoms with E-state index in [9.17, 15) is 9.59 Å². The standard InChI is InChI=1S/2C5H5NO2/c1-4(3-6)5(7)8-2;1-2-4(3-6)5(7)8/h1H2,2H3;2H,1H3,(H,7,8). The summed E-state index contributed by atoms with van der Waals surface area (Å²) in [6.45, 7) is 4.61. The first-order valence-electron chi connectivity index (χ1n) is 3.91. The lowest BCUT2D eigenvalue weighted by Crippen LogP contribution is -2.00. The number of carbonyl (C=O) groups is 2. The van der Waals surface area contributed by atoms with E-state index in [4.69, 9.17) is 15.6 Å². The Kier molecular flexibility index (Phi) is 8.89. The van der Waals surface area contributed by atoms with Crippen molar-refractivity contribution in [2.24, 2.45) is 0 Å². The fourth-order valence-electron chi connectivity index (χ4n) is 0.405. The molecule has 6 heteroatoms. The van der Waals surface area contributed by atoms with E-state index in [1.54, 1.807) is 6.07 Å². The predicted octanol–water partition coefficient (Wildman–Crippen LogP) is 0.780. The summed E-state index contributed by atoms with van der Waals surface area (Å²) in [7, 11) is 1.20. The molecule has 0 amide bonds. The maximum absolute atomic E-state index is 10.2. The Bertz CT molecular complexity index is 396. The molecule has 16 heavy (non-hydrogen) atoms. The monoisotopic (exact) mass is 222 g/mol. The molecule has 0 rings (SSSR count). The lowest BCUT2D eigenvalue weighted by Gasteiger charge is -1.89. The van der Waals surface area contributed by atoms with Gasteiger partial charge < -0.3 is 9.84 Å². The number of esters is 1. The largest absolute Gasteiger partial charge is 0.477 e. The van der Waals surface area contributed by atoms with Gasteiger partial charge in [-0.25, -0.2) is 9.59 Å². The molecule has 0 aromatic rings. The van der Waals surface area contributed by atoms with Gasteiger partial charge in [-0.15, -0.1) is 0 Å². The van der Waals surface area contributed by atoms with Gasteiger partial charge in [-0.3, -0.25) is 0 Å². The van der Waals surface area contributed by atoms with Crippen LogP contribution in [0.5, 0.6) is 0 Å². The molecular formula is C10H10N2O4. The van der Waals surface area contributed by atoms with Crippen molar-refractivity contribution >= 4 is 11.9 Å². The van der Waals surface area contributed by atoms with Crippen molar-refractivity contribution in [1.29, 1.82) is 10.5 Å². The molecule has 84 valence electrons. The number of carboxylic acid groups (broad SMARTS) is 1. The second-order valence-electron chi connectivity index (χ2n) is 2.20. The number of carboxylic acids is 1. The van der Waals surface area contributed by atoms with E-state index in [1.807, 2.05) is 0 Å². The Hall–Kier alpha value is -2.60. The SMILES string of the molecule is C=C(C#N)C(=O)OC.CC=C(C#N)C(=O)O. The first kappa shape index (κ1) is 15.9. The molecule has 0 saturated heterocycles. The summed E-state index contributed by atoms with van der Waals surface area (Å²) in [6.07, 6.45) is 1.25. The molecule has 0 aromatic heterocycles. The lowest BCUT2D eigenvalue weighted by molar-refractivity contribution is -0.135. The van der Waals surface area contributed by atoms with Crippen molar-refractivity contribution < 1.29 is 19.4 Å². The summed E-state index contributed by atoms with van der Waals surface area (Å²) in [5.41, 5.74) is -0.391. The number of hydrogen-bond acceptors (Lipinski definition) is 5. The molecule has 0 atom stereocenters. The molecule has 0 bridgehead atoms. The maximum atomic E-state index is 10.2. The van der Waals surface area contributed by atoms with E-state index in [0.29, 0.717) is 0 Å². The Morgan fingerprint density at radius 3 is 1.94 bits per heavy atom. The molecule has 6 nitrogen and oxygen atoms in total. The minimum absolute atomic E-state index is 0.174. The van der Waals surface area contributed by atoms with Gasteiger partial charge in [0.05, 0.1) is 7.11 Å². The maximum Gasteiger partial charge on any atom is 0.347 e. The van der Waals surface area contributed by atoms with Crippen LogP contribution in [0, 0.1) is 22.7 Å². The topological polar surface area (TPSA) is 111 Å². The van der Waals surface area contributed by atoms with Crippen LogP contribution in [0.2, 0.25) is 0 Å². The number of rotatable bonds is 2. The zero-order valence-electron chi connectivity index (χ0n) is 8.85. The zero-order valence-corrected chi connectivity index (χ0v) is 8.85. The molecule has 0 spiro atoms. The van der Waals surface area contributed by atoms with Crippen molar-refractivity contribution in [3.8, 4) is 12.1 Å². The number of nitriles is 2. The highest BCUT2D eigenvalue weighted by molar-refractivity contribution is 5.91. The smallest absolute Gasteiger partial charge is 0.347 e. The molecule has 0 aliphatic rings. The predicted molar refractivity (Wildman–Crippen MR) is 53.8 cm³/mol. The Morgan fingerprint density at radius 2 is 1.88 bits per heavy atom. The number of aliphatic carboxylic acids is 1. The first-order chi connectivity index (χ1) is 7.44. The summed E-state index contributed by atoms with van der Waals surface area (Å²) < 4.78 is 4.14. The van der Waals surface area contributed by atoms with E-state index in [1.165, 1.54) is 26.2 Å². The van der Waals surface area contributed by atoms with Crippen molar-refractivity contribution in [1.82, 2.24) is 0 Å². The van der Waals surface area contributed by atoms with Gasteiger partial charge in [0.1, 0.15) is 23.3 Å². The van der Waals surface area contributed by atoms with Gasteiger partial charge >= 0.3 is 11.9 Å². The van der Waals surface area contributed by atoms with Gasteiger partial charge in [0.15, 0.2) is 0 Å². The third kappa shape index (κ3) is 6.87. The van der Waals surface area contributed by atoms with Gasteiger partial charge in [0.25, 0.3) is 0 Å². The molecule has 0 saturated carbocycles. The summed E-state index contributed by atoms with van der Waals surface area (Å²) in [4.78, 5) is 20.1. The van der Waals surface area contributed by atoms with Crippen LogP contribution in [-0.2, 0) is 14.3 Å². The van der Waals surface area contributed by atoms with Crippen molar-refractivity contribution in [3.05, 3.63) is 23.8 Å². The summed E-state index contributed by atoms with van der Waals surface area (Å²) in [6, 6.07) is 3.06. The van der Waals surface area contributed by atoms with E-state index in [-0.39, 0.29) is 11.1 Å². The zero-order chi connectivity index (χ0) is 13.1. The molecule has 1 N–H and O–H groups in total. The van der Waals surface area contributed by atoms with Crippen LogP contribution in [-0.4, -0.2) is 24.2 Å². The third-order valence-electron chi connectivity index (χ3n) is 1.21. The highest BCUT2D eigenvalue weighted by atomic mass is 16.5. The number of hydrogen-bond donors (Lipinski definition) is 1. The Labute approximate surface area is 92.7 Å². The Morgan fingerprint density at radius 1 is 1.38 bits per heavy atom. The van der Waals surface area contributed by atoms with E-state index < -0.39 is 11.9 Å². The highest BCUT2D eigenvalue weighted by Crippen LogP contribution is 1.88. The number of nitrogens with zero attached hydrogens (tertiary/aromatic N) is 2. The van der Waals surface area contributed by atoms with Crippen molar-refractivity contribution in [2.45, 2.75) is 6.92 Å². The third-order valence-corrected chi connectivity index (χ3v) is 1.21. The number of allylic oxidation sites excluding steroid dienone is 1. The Balaban J connectivity index is 0. The van der Waals surface area contributed by atoms with Gasteiger partial charge in [-0.1, -0.05) is 12.7 Å². The molecule has 0 fully saturated rings. The van der Waals surface area contributed by atoms with Crippen LogP contribution in [0.25, 0.3) is 0 Å². The van der Waals surface area contributed by atoms with E-state index in [2.05, 4.69) is 11.3 Å². The summed E-state index contributed by atoms with van der Waals surface area (Å²) in [5.74, 6) is -1.84. The summed E-state index contributed by atoms with van der Waals surface area (Å²) in [5, 5.41) is 24.1. The number of ether oxygens (including phenoxy) is 1. The molecule has 0 aromatic carbocycles. The van der Waals surface area contributed by atoms with Crippen LogP contribution in [0.1, 0.15) is 6.92 Å². The molecule has 0 aliphatic carbocycles. The minimum atomic E-state index is -1.17. The van der Waals surface area contributed by atoms with Gasteiger partial charge in [-0.05, 0) is 6.92 Å². The molecule has 0 radical (unpaired) electrons. The second-order valence-corrected chi connectivity index (χ2v) is 2.20. The van der Waals surface area contributed by atoms with Crippen molar-refractivity contribution in [2.75, 3.05) is 7.11 Å². The average Bonchev–Trinajstić information content (AvgIpc) is 2.29. The van der Waals surface area contributed by atoms with E-state index in [0.717, 1.165) is 0 Å². The van der Waals surface area contributed by atoms with Crippen LogP contribution < -0.4 is 0 Å². The van der Waals surface area contributed by atoms with E-state index >= 15 is 0 Å². The fourth-order valence-corrected chi connectivity index (χ4v) is 0.405. The fraction of sp³-hybridized carbons (Fsp3) is 0.200. The van der Waals surface area contributed by atoms with Crippen LogP contribution >= 0.6 is 0 Å². The normalized spacial score (nSPS) is 8.62. The number of carbonyl (C=O) groups excluding carboxylic acids is 1. The van der Waals surface area contributed by atoms with Crippen LogP contribution in [0.15, 0.2) is 23.8 Å². The first-order valence-corrected chi connectivity index (χ1v) is 3.91. The van der Waals surface area contributed by atoms with Crippen LogP contribution in [0.4, 0.5) is 0 Å². The van der Waals surface area contributed by atoms with Crippen LogP contribution in [0.3, 0.4) is 0 Å². The van der Waals surface area contributed by atoms with Crippen molar-refractivity contribution in [3.63, 3.8) is 0 Å². The summed E-state index contributed by atoms with van der Waals surface area (Å²) >= 11 is 0. The lowest BCUT2D eigenvalue weighted by atomic mass is 10.3. The number of methoxy groups -OCH3 is 1. The average molecular weight is 222 g/mol. The molecular weight excluding hydrogens is 212 g/mol. The molecule has 0 aliphatic heterocycles. The van der Waals surface area contributed by atoms with Gasteiger partial charge in [-0.2, -0.15) is 10.5 Å². The highest BCUT2D eigenvalue weighted by Gasteiger charge is 2.02. The van der Waals surface area contributed by atoms with Gasteiger partial charge in [0, 0.05) is 0 Å². The second kappa shape index (κ2) is 8.97. The van der Waals surface area contributed by atoms with Gasteiger partial charge in [0.2, 0.25) is 0 Å².